The van der Waals surface area contributed by atoms with Crippen LogP contribution in [0.1, 0.15) is 23.7 Å². The van der Waals surface area contributed by atoms with E-state index in [4.69, 9.17) is 0 Å². The minimum absolute atomic E-state index is 0.931. The number of allylic oxidation sites excluding steroid dienone is 1. The summed E-state index contributed by atoms with van der Waals surface area (Å²) in [7, 11) is 0. The predicted octanol–water partition coefficient (Wildman–Crippen LogP) is 3.79. The van der Waals surface area contributed by atoms with E-state index in [-0.39, 0.29) is 0 Å². The van der Waals surface area contributed by atoms with Gasteiger partial charge in [-0.2, -0.15) is 10.2 Å². The van der Waals surface area contributed by atoms with Gasteiger partial charge in [-0.1, -0.05) is 30.4 Å². The molecule has 1 heterocycles. The SMILES string of the molecule is C/C=C/c1ccc(-c2ccc(C)nn2)c(C)c1. The summed E-state index contributed by atoms with van der Waals surface area (Å²) < 4.78 is 0. The van der Waals surface area contributed by atoms with Gasteiger partial charge >= 0.3 is 0 Å². The number of benzene rings is 1. The molecule has 0 N–H and O–H groups in total. The Morgan fingerprint density at radius 3 is 2.41 bits per heavy atom. The van der Waals surface area contributed by atoms with Gasteiger partial charge in [0.1, 0.15) is 0 Å². The lowest BCUT2D eigenvalue weighted by molar-refractivity contribution is 0.985. The first-order valence-corrected chi connectivity index (χ1v) is 5.75. The molecule has 0 unspecified atom stereocenters. The molecule has 0 spiro atoms. The number of aryl methyl sites for hydroxylation is 2. The van der Waals surface area contributed by atoms with Crippen LogP contribution < -0.4 is 0 Å². The topological polar surface area (TPSA) is 25.8 Å². The molecule has 0 saturated heterocycles. The zero-order chi connectivity index (χ0) is 12.3. The highest BCUT2D eigenvalue weighted by Gasteiger charge is 2.03. The Kier molecular flexibility index (Phi) is 3.33. The van der Waals surface area contributed by atoms with E-state index >= 15 is 0 Å². The summed E-state index contributed by atoms with van der Waals surface area (Å²) in [6.45, 7) is 6.07. The molecule has 0 bridgehead atoms. The van der Waals surface area contributed by atoms with Crippen LogP contribution in [0.15, 0.2) is 36.4 Å². The molecule has 0 fully saturated rings. The molecule has 2 aromatic rings. The Morgan fingerprint density at radius 2 is 1.82 bits per heavy atom. The van der Waals surface area contributed by atoms with Crippen LogP contribution in [0.5, 0.6) is 0 Å². The van der Waals surface area contributed by atoms with Crippen LogP contribution in [0.25, 0.3) is 17.3 Å². The lowest BCUT2D eigenvalue weighted by Crippen LogP contribution is -1.92. The smallest absolute Gasteiger partial charge is 0.0932 e. The lowest BCUT2D eigenvalue weighted by Gasteiger charge is -2.06. The molecule has 2 rings (SSSR count). The van der Waals surface area contributed by atoms with Gasteiger partial charge in [0.25, 0.3) is 0 Å². The van der Waals surface area contributed by atoms with Crippen LogP contribution in [0, 0.1) is 13.8 Å². The van der Waals surface area contributed by atoms with Crippen molar-refractivity contribution >= 4 is 6.08 Å². The molecule has 0 saturated carbocycles. The highest BCUT2D eigenvalue weighted by molar-refractivity contribution is 5.66. The maximum Gasteiger partial charge on any atom is 0.0932 e. The van der Waals surface area contributed by atoms with Crippen molar-refractivity contribution in [3.05, 3.63) is 53.2 Å². The Hall–Kier alpha value is -1.96. The van der Waals surface area contributed by atoms with Gasteiger partial charge in [0.15, 0.2) is 0 Å². The van der Waals surface area contributed by atoms with Crippen molar-refractivity contribution in [2.24, 2.45) is 0 Å². The maximum atomic E-state index is 4.22. The van der Waals surface area contributed by atoms with Gasteiger partial charge in [-0.05, 0) is 44.0 Å². The number of rotatable bonds is 2. The standard InChI is InChI=1S/C15H16N2/c1-4-5-13-7-8-14(11(2)10-13)15-9-6-12(3)16-17-15/h4-10H,1-3H3/b5-4+. The summed E-state index contributed by atoms with van der Waals surface area (Å²) in [5.41, 5.74) is 5.45. The summed E-state index contributed by atoms with van der Waals surface area (Å²) in [4.78, 5) is 0. The second-order valence-corrected chi connectivity index (χ2v) is 4.13. The van der Waals surface area contributed by atoms with Crippen LogP contribution in [-0.4, -0.2) is 10.2 Å². The van der Waals surface area contributed by atoms with Crippen LogP contribution in [0.3, 0.4) is 0 Å². The normalized spacial score (nSPS) is 11.0. The van der Waals surface area contributed by atoms with E-state index < -0.39 is 0 Å². The minimum atomic E-state index is 0.931. The van der Waals surface area contributed by atoms with E-state index in [1.807, 2.05) is 32.1 Å². The molecule has 0 radical (unpaired) electrons. The van der Waals surface area contributed by atoms with Crippen LogP contribution in [0.2, 0.25) is 0 Å². The van der Waals surface area contributed by atoms with Crippen molar-refractivity contribution in [3.8, 4) is 11.3 Å². The van der Waals surface area contributed by atoms with E-state index in [2.05, 4.69) is 41.4 Å². The van der Waals surface area contributed by atoms with Crippen molar-refractivity contribution < 1.29 is 0 Å². The largest absolute Gasteiger partial charge is 0.155 e. The number of hydrogen-bond donors (Lipinski definition) is 0. The highest BCUT2D eigenvalue weighted by atomic mass is 15.1. The minimum Gasteiger partial charge on any atom is -0.155 e. The third kappa shape index (κ3) is 2.59. The van der Waals surface area contributed by atoms with Crippen molar-refractivity contribution in [2.45, 2.75) is 20.8 Å². The van der Waals surface area contributed by atoms with Crippen molar-refractivity contribution in [1.82, 2.24) is 10.2 Å². The molecule has 0 aliphatic carbocycles. The van der Waals surface area contributed by atoms with Crippen LogP contribution in [-0.2, 0) is 0 Å². The van der Waals surface area contributed by atoms with Crippen LogP contribution in [0.4, 0.5) is 0 Å². The Labute approximate surface area is 102 Å². The Bertz CT molecular complexity index is 539. The second-order valence-electron chi connectivity index (χ2n) is 4.13. The monoisotopic (exact) mass is 224 g/mol. The number of nitrogens with zero attached hydrogens (tertiary/aromatic N) is 2. The van der Waals surface area contributed by atoms with Gasteiger partial charge in [0.2, 0.25) is 0 Å². The Balaban J connectivity index is 2.43. The van der Waals surface area contributed by atoms with E-state index in [9.17, 15) is 0 Å². The average Bonchev–Trinajstić information content (AvgIpc) is 2.31. The van der Waals surface area contributed by atoms with Gasteiger partial charge in [-0.3, -0.25) is 0 Å². The highest BCUT2D eigenvalue weighted by Crippen LogP contribution is 2.22. The molecule has 1 aromatic heterocycles. The molecule has 0 amide bonds. The van der Waals surface area contributed by atoms with Gasteiger partial charge in [0.05, 0.1) is 11.4 Å². The summed E-state index contributed by atoms with van der Waals surface area (Å²) in [5, 5.41) is 8.31. The van der Waals surface area contributed by atoms with E-state index in [0.29, 0.717) is 0 Å². The fourth-order valence-electron chi connectivity index (χ4n) is 1.81. The summed E-state index contributed by atoms with van der Waals surface area (Å²) in [5.74, 6) is 0. The van der Waals surface area contributed by atoms with Gasteiger partial charge in [0, 0.05) is 5.56 Å². The quantitative estimate of drug-likeness (QED) is 0.775. The van der Waals surface area contributed by atoms with E-state index in [0.717, 1.165) is 17.0 Å². The Morgan fingerprint density at radius 1 is 1.00 bits per heavy atom. The molecule has 2 heteroatoms. The zero-order valence-corrected chi connectivity index (χ0v) is 10.4. The van der Waals surface area contributed by atoms with Crippen molar-refractivity contribution in [1.29, 1.82) is 0 Å². The number of hydrogen-bond acceptors (Lipinski definition) is 2. The molecule has 0 atom stereocenters. The molecule has 17 heavy (non-hydrogen) atoms. The first-order chi connectivity index (χ1) is 8.20. The van der Waals surface area contributed by atoms with Crippen molar-refractivity contribution in [2.75, 3.05) is 0 Å². The van der Waals surface area contributed by atoms with E-state index in [1.54, 1.807) is 0 Å². The summed E-state index contributed by atoms with van der Waals surface area (Å²) in [6.07, 6.45) is 4.14. The van der Waals surface area contributed by atoms with Gasteiger partial charge in [-0.15, -0.1) is 0 Å². The van der Waals surface area contributed by atoms with Crippen molar-refractivity contribution in [3.63, 3.8) is 0 Å². The zero-order valence-electron chi connectivity index (χ0n) is 10.4. The maximum absolute atomic E-state index is 4.22. The second kappa shape index (κ2) is 4.91. The molecule has 0 aliphatic heterocycles. The molecule has 86 valence electrons. The molecule has 1 aromatic carbocycles. The van der Waals surface area contributed by atoms with Gasteiger partial charge in [-0.25, -0.2) is 0 Å². The first kappa shape index (κ1) is 11.5. The number of aromatic nitrogens is 2. The first-order valence-electron chi connectivity index (χ1n) is 5.75. The third-order valence-corrected chi connectivity index (χ3v) is 2.68. The molecule has 0 aliphatic rings. The third-order valence-electron chi connectivity index (χ3n) is 2.68. The fourth-order valence-corrected chi connectivity index (χ4v) is 1.81. The summed E-state index contributed by atoms with van der Waals surface area (Å²) >= 11 is 0. The average molecular weight is 224 g/mol. The molecular formula is C15H16N2. The molecule has 2 nitrogen and oxygen atoms in total. The van der Waals surface area contributed by atoms with Crippen LogP contribution >= 0.6 is 0 Å². The summed E-state index contributed by atoms with van der Waals surface area (Å²) in [6, 6.07) is 10.4. The fraction of sp³-hybridized carbons (Fsp3) is 0.200. The molecular weight excluding hydrogens is 208 g/mol. The predicted molar refractivity (Wildman–Crippen MR) is 71.7 cm³/mol. The van der Waals surface area contributed by atoms with Gasteiger partial charge < -0.3 is 0 Å². The lowest BCUT2D eigenvalue weighted by atomic mass is 10.0. The van der Waals surface area contributed by atoms with E-state index in [1.165, 1.54) is 11.1 Å².